The third-order valence-electron chi connectivity index (χ3n) is 2.96. The van der Waals surface area contributed by atoms with Crippen molar-refractivity contribution in [3.63, 3.8) is 0 Å². The summed E-state index contributed by atoms with van der Waals surface area (Å²) in [6.45, 7) is 2.22. The van der Waals surface area contributed by atoms with Gasteiger partial charge in [-0.1, -0.05) is 0 Å². The summed E-state index contributed by atoms with van der Waals surface area (Å²) in [6, 6.07) is 1.77. The molecule has 0 aromatic carbocycles. The first-order chi connectivity index (χ1) is 8.00. The van der Waals surface area contributed by atoms with Crippen LogP contribution in [0, 0.1) is 6.92 Å². The molecule has 1 aromatic rings. The van der Waals surface area contributed by atoms with Crippen LogP contribution in [-0.2, 0) is 4.79 Å². The SMILES string of the molecule is Cc1ccsc1C1CN(CC(=O)O)C(=O)N1C. The fourth-order valence-electron chi connectivity index (χ4n) is 2.05. The van der Waals surface area contributed by atoms with Gasteiger partial charge in [-0.3, -0.25) is 4.79 Å². The molecule has 92 valence electrons. The minimum Gasteiger partial charge on any atom is -0.480 e. The zero-order chi connectivity index (χ0) is 12.6. The summed E-state index contributed by atoms with van der Waals surface area (Å²) in [5.74, 6) is -0.977. The van der Waals surface area contributed by atoms with Crippen molar-refractivity contribution in [2.75, 3.05) is 20.1 Å². The third-order valence-corrected chi connectivity index (χ3v) is 4.08. The number of carboxylic acid groups (broad SMARTS) is 1. The lowest BCUT2D eigenvalue weighted by Gasteiger charge is -2.17. The van der Waals surface area contributed by atoms with Crippen molar-refractivity contribution in [2.24, 2.45) is 0 Å². The van der Waals surface area contributed by atoms with E-state index in [2.05, 4.69) is 0 Å². The van der Waals surface area contributed by atoms with E-state index in [-0.39, 0.29) is 18.6 Å². The van der Waals surface area contributed by atoms with Gasteiger partial charge in [0.2, 0.25) is 0 Å². The van der Waals surface area contributed by atoms with Gasteiger partial charge >= 0.3 is 12.0 Å². The van der Waals surface area contributed by atoms with E-state index in [1.807, 2.05) is 18.4 Å². The fraction of sp³-hybridized carbons (Fsp3) is 0.455. The normalized spacial score (nSPS) is 20.1. The maximum absolute atomic E-state index is 11.9. The highest BCUT2D eigenvalue weighted by Gasteiger charge is 2.37. The number of aryl methyl sites for hydroxylation is 1. The van der Waals surface area contributed by atoms with E-state index in [1.165, 1.54) is 4.90 Å². The van der Waals surface area contributed by atoms with E-state index in [0.717, 1.165) is 10.4 Å². The highest BCUT2D eigenvalue weighted by Crippen LogP contribution is 2.33. The molecule has 6 heteroatoms. The Morgan fingerprint density at radius 3 is 2.88 bits per heavy atom. The van der Waals surface area contributed by atoms with E-state index < -0.39 is 5.97 Å². The molecule has 5 nitrogen and oxygen atoms in total. The molecule has 1 aromatic heterocycles. The number of nitrogens with zero attached hydrogens (tertiary/aromatic N) is 2. The van der Waals surface area contributed by atoms with E-state index in [4.69, 9.17) is 5.11 Å². The van der Waals surface area contributed by atoms with Gasteiger partial charge in [-0.15, -0.1) is 11.3 Å². The summed E-state index contributed by atoms with van der Waals surface area (Å²) in [5.41, 5.74) is 1.15. The second-order valence-corrected chi connectivity index (χ2v) is 5.10. The molecule has 1 atom stereocenters. The molecular weight excluding hydrogens is 240 g/mol. The number of carbonyl (C=O) groups is 2. The molecule has 1 aliphatic rings. The second-order valence-electron chi connectivity index (χ2n) is 4.15. The first kappa shape index (κ1) is 11.9. The van der Waals surface area contributed by atoms with Crippen molar-refractivity contribution >= 4 is 23.3 Å². The van der Waals surface area contributed by atoms with E-state index in [9.17, 15) is 9.59 Å². The van der Waals surface area contributed by atoms with Gasteiger partial charge in [0.15, 0.2) is 0 Å². The number of thiophene rings is 1. The summed E-state index contributed by atoms with van der Waals surface area (Å²) in [4.78, 5) is 26.6. The van der Waals surface area contributed by atoms with E-state index in [0.29, 0.717) is 6.54 Å². The van der Waals surface area contributed by atoms with Gasteiger partial charge in [-0.25, -0.2) is 4.79 Å². The van der Waals surface area contributed by atoms with Crippen molar-refractivity contribution in [3.8, 4) is 0 Å². The molecule has 2 heterocycles. The summed E-state index contributed by atoms with van der Waals surface area (Å²) in [7, 11) is 1.72. The van der Waals surface area contributed by atoms with Crippen LogP contribution >= 0.6 is 11.3 Å². The second kappa shape index (κ2) is 4.37. The molecule has 0 radical (unpaired) electrons. The van der Waals surface area contributed by atoms with Crippen LogP contribution in [0.15, 0.2) is 11.4 Å². The molecule has 2 rings (SSSR count). The van der Waals surface area contributed by atoms with Gasteiger partial charge < -0.3 is 14.9 Å². The Kier molecular flexibility index (Phi) is 3.06. The van der Waals surface area contributed by atoms with Crippen LogP contribution in [0.2, 0.25) is 0 Å². The number of hydrogen-bond donors (Lipinski definition) is 1. The third kappa shape index (κ3) is 2.12. The molecule has 17 heavy (non-hydrogen) atoms. The molecule has 1 saturated heterocycles. The minimum absolute atomic E-state index is 0.0261. The monoisotopic (exact) mass is 254 g/mol. The van der Waals surface area contributed by atoms with Crippen LogP contribution in [0.4, 0.5) is 4.79 Å². The first-order valence-electron chi connectivity index (χ1n) is 5.28. The first-order valence-corrected chi connectivity index (χ1v) is 6.16. The lowest BCUT2D eigenvalue weighted by Crippen LogP contribution is -2.33. The highest BCUT2D eigenvalue weighted by atomic mass is 32.1. The molecule has 2 amide bonds. The number of carbonyl (C=O) groups excluding carboxylic acids is 1. The Morgan fingerprint density at radius 2 is 2.35 bits per heavy atom. The van der Waals surface area contributed by atoms with Crippen LogP contribution in [-0.4, -0.2) is 47.0 Å². The van der Waals surface area contributed by atoms with Gasteiger partial charge in [0.25, 0.3) is 0 Å². The van der Waals surface area contributed by atoms with Crippen LogP contribution in [0.5, 0.6) is 0 Å². The number of urea groups is 1. The van der Waals surface area contributed by atoms with Gasteiger partial charge in [0, 0.05) is 18.5 Å². The average Bonchev–Trinajstić information content (AvgIpc) is 2.77. The smallest absolute Gasteiger partial charge is 0.323 e. The number of carboxylic acids is 1. The van der Waals surface area contributed by atoms with Crippen LogP contribution in [0.25, 0.3) is 0 Å². The van der Waals surface area contributed by atoms with E-state index >= 15 is 0 Å². The van der Waals surface area contributed by atoms with Crippen molar-refractivity contribution in [2.45, 2.75) is 13.0 Å². The maximum Gasteiger partial charge on any atom is 0.323 e. The standard InChI is InChI=1S/C11H14N2O3S/c1-7-3-4-17-10(7)8-5-13(6-9(14)15)11(16)12(8)2/h3-4,8H,5-6H2,1-2H3,(H,14,15). The molecule has 0 aliphatic carbocycles. The number of rotatable bonds is 3. The van der Waals surface area contributed by atoms with Crippen molar-refractivity contribution in [3.05, 3.63) is 21.9 Å². The van der Waals surface area contributed by atoms with Crippen LogP contribution in [0.3, 0.4) is 0 Å². The Bertz CT molecular complexity index is 457. The molecule has 1 fully saturated rings. The Labute approximate surface area is 103 Å². The number of aliphatic carboxylic acids is 1. The average molecular weight is 254 g/mol. The number of amides is 2. The Balaban J connectivity index is 2.20. The lowest BCUT2D eigenvalue weighted by atomic mass is 10.1. The van der Waals surface area contributed by atoms with Crippen LogP contribution in [0.1, 0.15) is 16.5 Å². The van der Waals surface area contributed by atoms with Crippen molar-refractivity contribution in [1.82, 2.24) is 9.80 Å². The predicted molar refractivity (Wildman–Crippen MR) is 64.2 cm³/mol. The molecule has 0 saturated carbocycles. The van der Waals surface area contributed by atoms with Gasteiger partial charge in [-0.05, 0) is 23.9 Å². The Morgan fingerprint density at radius 1 is 1.65 bits per heavy atom. The number of hydrogen-bond acceptors (Lipinski definition) is 3. The number of likely N-dealkylation sites (N-methyl/N-ethyl adjacent to an activating group) is 1. The van der Waals surface area contributed by atoms with Crippen LogP contribution < -0.4 is 0 Å². The summed E-state index contributed by atoms with van der Waals surface area (Å²) in [6.07, 6.45) is 0. The highest BCUT2D eigenvalue weighted by molar-refractivity contribution is 7.10. The van der Waals surface area contributed by atoms with Gasteiger partial charge in [-0.2, -0.15) is 0 Å². The van der Waals surface area contributed by atoms with Gasteiger partial charge in [0.05, 0.1) is 6.04 Å². The molecule has 0 bridgehead atoms. The molecular formula is C11H14N2O3S. The Hall–Kier alpha value is -1.56. The van der Waals surface area contributed by atoms with E-state index in [1.54, 1.807) is 23.3 Å². The minimum atomic E-state index is -0.977. The summed E-state index contributed by atoms with van der Waals surface area (Å²) >= 11 is 1.61. The molecule has 1 N–H and O–H groups in total. The summed E-state index contributed by atoms with van der Waals surface area (Å²) in [5, 5.41) is 10.7. The molecule has 0 spiro atoms. The zero-order valence-corrected chi connectivity index (χ0v) is 10.5. The topological polar surface area (TPSA) is 60.9 Å². The van der Waals surface area contributed by atoms with Gasteiger partial charge in [0.1, 0.15) is 6.54 Å². The predicted octanol–water partition coefficient (Wildman–Crippen LogP) is 1.55. The fourth-order valence-corrected chi connectivity index (χ4v) is 3.11. The summed E-state index contributed by atoms with van der Waals surface area (Å²) < 4.78 is 0. The molecule has 1 unspecified atom stereocenters. The quantitative estimate of drug-likeness (QED) is 0.890. The lowest BCUT2D eigenvalue weighted by molar-refractivity contribution is -0.137. The zero-order valence-electron chi connectivity index (χ0n) is 9.71. The van der Waals surface area contributed by atoms with Crippen molar-refractivity contribution in [1.29, 1.82) is 0 Å². The largest absolute Gasteiger partial charge is 0.480 e. The maximum atomic E-state index is 11.9. The van der Waals surface area contributed by atoms with Crippen molar-refractivity contribution < 1.29 is 14.7 Å². The molecule has 1 aliphatic heterocycles.